The number of hydrogen-bond donors (Lipinski definition) is 1. The first-order chi connectivity index (χ1) is 5.54. The van der Waals surface area contributed by atoms with Gasteiger partial charge in [-0.25, -0.2) is 0 Å². The largest absolute Gasteiger partial charge is 0.354 e. The smallest absolute Gasteiger partial charge is 0.239 e. The van der Waals surface area contributed by atoms with Crippen LogP contribution in [0.2, 0.25) is 0 Å². The molecular weight excluding hydrogens is 154 g/mol. The number of amides is 1. The summed E-state index contributed by atoms with van der Waals surface area (Å²) in [6, 6.07) is 3.77. The normalized spacial score (nSPS) is 9.67. The molecule has 0 rings (SSSR count). The third kappa shape index (κ3) is 3.03. The fourth-order valence-corrected chi connectivity index (χ4v) is 0.504. The van der Waals surface area contributed by atoms with E-state index in [0.29, 0.717) is 6.54 Å². The van der Waals surface area contributed by atoms with Crippen molar-refractivity contribution in [3.8, 4) is 12.1 Å². The van der Waals surface area contributed by atoms with Gasteiger partial charge in [0.15, 0.2) is 0 Å². The van der Waals surface area contributed by atoms with Gasteiger partial charge < -0.3 is 5.32 Å². The number of rotatable bonds is 3. The van der Waals surface area contributed by atoms with Gasteiger partial charge in [0.2, 0.25) is 5.91 Å². The first kappa shape index (κ1) is 10.4. The first-order valence-electron chi connectivity index (χ1n) is 3.61. The molecule has 0 heterocycles. The Morgan fingerprint density at radius 1 is 1.50 bits per heavy atom. The van der Waals surface area contributed by atoms with E-state index in [9.17, 15) is 4.79 Å². The summed E-state index contributed by atoms with van der Waals surface area (Å²) in [6.45, 7) is 3.38. The fraction of sp³-hybridized carbons (Fsp3) is 0.625. The van der Waals surface area contributed by atoms with Gasteiger partial charge in [-0.15, -0.1) is 0 Å². The Hall–Kier alpha value is -1.55. The van der Waals surface area contributed by atoms with Crippen LogP contribution < -0.4 is 5.32 Å². The number of hydrogen-bond acceptors (Lipinski definition) is 3. The number of carbonyl (C=O) groups is 1. The van der Waals surface area contributed by atoms with E-state index in [0.717, 1.165) is 0 Å². The molecule has 0 aliphatic rings. The third-order valence-electron chi connectivity index (χ3n) is 1.37. The maximum Gasteiger partial charge on any atom is 0.239 e. The molecule has 0 unspecified atom stereocenters. The lowest BCUT2D eigenvalue weighted by Gasteiger charge is -2.13. The molecule has 0 aromatic rings. The van der Waals surface area contributed by atoms with Crippen LogP contribution in [0.3, 0.4) is 0 Å². The molecule has 0 spiro atoms. The lowest BCUT2D eigenvalue weighted by Crippen LogP contribution is -2.36. The van der Waals surface area contributed by atoms with Gasteiger partial charge >= 0.3 is 0 Å². The van der Waals surface area contributed by atoms with Crippen LogP contribution in [-0.4, -0.2) is 12.5 Å². The zero-order valence-corrected chi connectivity index (χ0v) is 7.22. The van der Waals surface area contributed by atoms with Gasteiger partial charge in [0.05, 0.1) is 18.6 Å². The molecule has 1 N–H and O–H groups in total. The van der Waals surface area contributed by atoms with Crippen LogP contribution in [0.5, 0.6) is 0 Å². The Balaban J connectivity index is 3.92. The van der Waals surface area contributed by atoms with E-state index in [4.69, 9.17) is 10.5 Å². The molecule has 0 radical (unpaired) electrons. The van der Waals surface area contributed by atoms with Crippen molar-refractivity contribution in [3.63, 3.8) is 0 Å². The van der Waals surface area contributed by atoms with E-state index in [1.165, 1.54) is 13.8 Å². The Labute approximate surface area is 71.8 Å². The summed E-state index contributed by atoms with van der Waals surface area (Å²) >= 11 is 0. The van der Waals surface area contributed by atoms with E-state index in [-0.39, 0.29) is 12.3 Å². The van der Waals surface area contributed by atoms with E-state index < -0.39 is 5.41 Å². The molecule has 1 amide bonds. The minimum atomic E-state index is -1.00. The van der Waals surface area contributed by atoms with Crippen molar-refractivity contribution in [2.45, 2.75) is 20.3 Å². The molecule has 12 heavy (non-hydrogen) atoms. The number of carbonyl (C=O) groups excluding carboxylic acids is 1. The number of nitriles is 2. The molecule has 0 saturated heterocycles. The molecule has 0 aliphatic heterocycles. The maximum atomic E-state index is 11.1. The highest BCUT2D eigenvalue weighted by Gasteiger charge is 2.26. The van der Waals surface area contributed by atoms with Crippen molar-refractivity contribution >= 4 is 5.91 Å². The topological polar surface area (TPSA) is 76.7 Å². The molecule has 0 aromatic heterocycles. The van der Waals surface area contributed by atoms with Gasteiger partial charge in [-0.3, -0.25) is 4.79 Å². The van der Waals surface area contributed by atoms with E-state index in [1.54, 1.807) is 0 Å². The van der Waals surface area contributed by atoms with Gasteiger partial charge in [0, 0.05) is 6.54 Å². The Morgan fingerprint density at radius 3 is 2.50 bits per heavy atom. The minimum Gasteiger partial charge on any atom is -0.354 e. The summed E-state index contributed by atoms with van der Waals surface area (Å²) in [7, 11) is 0. The van der Waals surface area contributed by atoms with Crippen LogP contribution in [0, 0.1) is 28.1 Å². The molecule has 64 valence electrons. The average Bonchev–Trinajstić information content (AvgIpc) is 2.05. The summed E-state index contributed by atoms with van der Waals surface area (Å²) < 4.78 is 0. The van der Waals surface area contributed by atoms with Crippen LogP contribution in [0.1, 0.15) is 20.3 Å². The molecule has 4 heteroatoms. The minimum absolute atomic E-state index is 0.271. The van der Waals surface area contributed by atoms with Gasteiger partial charge in [0.1, 0.15) is 5.41 Å². The summed E-state index contributed by atoms with van der Waals surface area (Å²) in [4.78, 5) is 11.1. The lowest BCUT2D eigenvalue weighted by molar-refractivity contribution is -0.126. The fourth-order valence-electron chi connectivity index (χ4n) is 0.504. The van der Waals surface area contributed by atoms with Crippen LogP contribution in [0.4, 0.5) is 0 Å². The van der Waals surface area contributed by atoms with Gasteiger partial charge in [-0.1, -0.05) is 0 Å². The second kappa shape index (κ2) is 4.35. The number of nitrogens with zero attached hydrogens (tertiary/aromatic N) is 2. The second-order valence-electron chi connectivity index (χ2n) is 2.90. The van der Waals surface area contributed by atoms with Crippen molar-refractivity contribution in [3.05, 3.63) is 0 Å². The molecule has 0 aromatic carbocycles. The standard InChI is InChI=1S/C8H11N3O/c1-8(2,6-10)7(12)11-5-3-4-9/h3,5H2,1-2H3,(H,11,12). The number of nitrogens with one attached hydrogen (secondary N) is 1. The first-order valence-corrected chi connectivity index (χ1v) is 3.61. The summed E-state index contributed by atoms with van der Waals surface area (Å²) in [5.41, 5.74) is -1.00. The molecule has 0 bridgehead atoms. The SMILES string of the molecule is CC(C)(C#N)C(=O)NCCC#N. The van der Waals surface area contributed by atoms with E-state index in [2.05, 4.69) is 5.32 Å². The zero-order valence-electron chi connectivity index (χ0n) is 7.22. The van der Waals surface area contributed by atoms with Crippen LogP contribution in [0.15, 0.2) is 0 Å². The Kier molecular flexibility index (Phi) is 3.79. The van der Waals surface area contributed by atoms with Crippen LogP contribution in [-0.2, 0) is 4.79 Å². The Bertz CT molecular complexity index is 244. The summed E-state index contributed by atoms with van der Waals surface area (Å²) in [6.07, 6.45) is 0.271. The van der Waals surface area contributed by atoms with Crippen molar-refractivity contribution in [2.75, 3.05) is 6.54 Å². The quantitative estimate of drug-likeness (QED) is 0.621. The van der Waals surface area contributed by atoms with E-state index in [1.807, 2.05) is 12.1 Å². The highest BCUT2D eigenvalue weighted by molar-refractivity contribution is 5.84. The van der Waals surface area contributed by atoms with Gasteiger partial charge in [-0.05, 0) is 13.8 Å². The predicted molar refractivity (Wildman–Crippen MR) is 42.6 cm³/mol. The van der Waals surface area contributed by atoms with E-state index >= 15 is 0 Å². The molecule has 0 atom stereocenters. The monoisotopic (exact) mass is 165 g/mol. The third-order valence-corrected chi connectivity index (χ3v) is 1.37. The molecule has 0 fully saturated rings. The second-order valence-corrected chi connectivity index (χ2v) is 2.90. The molecular formula is C8H11N3O. The van der Waals surface area contributed by atoms with Crippen molar-refractivity contribution in [1.82, 2.24) is 5.32 Å². The van der Waals surface area contributed by atoms with Gasteiger partial charge in [-0.2, -0.15) is 10.5 Å². The van der Waals surface area contributed by atoms with Crippen LogP contribution in [0.25, 0.3) is 0 Å². The maximum absolute atomic E-state index is 11.1. The summed E-state index contributed by atoms with van der Waals surface area (Å²) in [5, 5.41) is 19.2. The molecule has 4 nitrogen and oxygen atoms in total. The lowest BCUT2D eigenvalue weighted by atomic mass is 9.95. The zero-order chi connectivity index (χ0) is 9.61. The Morgan fingerprint density at radius 2 is 2.08 bits per heavy atom. The van der Waals surface area contributed by atoms with Crippen molar-refractivity contribution in [1.29, 1.82) is 10.5 Å². The van der Waals surface area contributed by atoms with Crippen molar-refractivity contribution in [2.24, 2.45) is 5.41 Å². The average molecular weight is 165 g/mol. The van der Waals surface area contributed by atoms with Gasteiger partial charge in [0.25, 0.3) is 0 Å². The van der Waals surface area contributed by atoms with Crippen molar-refractivity contribution < 1.29 is 4.79 Å². The summed E-state index contributed by atoms with van der Waals surface area (Å²) in [5.74, 6) is -0.333. The highest BCUT2D eigenvalue weighted by atomic mass is 16.2. The highest BCUT2D eigenvalue weighted by Crippen LogP contribution is 2.12. The predicted octanol–water partition coefficient (Wildman–Crippen LogP) is 0.566. The molecule has 0 aliphatic carbocycles. The molecule has 0 saturated carbocycles. The van der Waals surface area contributed by atoms with Crippen LogP contribution >= 0.6 is 0 Å².